The van der Waals surface area contributed by atoms with Crippen LogP contribution in [0.4, 0.5) is 0 Å². The van der Waals surface area contributed by atoms with E-state index in [2.05, 4.69) is 161 Å². The number of unbranched alkanes of at least 4 members (excludes halogenated alkanes) is 21. The first-order valence-electron chi connectivity index (χ1n) is 42.0. The van der Waals surface area contributed by atoms with E-state index < -0.39 is 97.5 Å². The van der Waals surface area contributed by atoms with Crippen LogP contribution in [-0.4, -0.2) is 96.7 Å². The summed E-state index contributed by atoms with van der Waals surface area (Å²) < 4.78 is 68.5. The third-order valence-electron chi connectivity index (χ3n) is 16.8. The summed E-state index contributed by atoms with van der Waals surface area (Å²) in [7, 11) is -10.0. The Hall–Kier alpha value is -5.84. The summed E-state index contributed by atoms with van der Waals surface area (Å²) in [6.07, 6.45) is 99.0. The van der Waals surface area contributed by atoms with Crippen LogP contribution >= 0.6 is 15.6 Å². The van der Waals surface area contributed by atoms with Gasteiger partial charge in [-0.25, -0.2) is 9.13 Å². The smallest absolute Gasteiger partial charge is 0.462 e. The van der Waals surface area contributed by atoms with Crippen LogP contribution in [0.5, 0.6) is 0 Å². The normalized spacial score (nSPS) is 14.7. The third-order valence-corrected chi connectivity index (χ3v) is 18.7. The van der Waals surface area contributed by atoms with E-state index in [1.165, 1.54) is 83.5 Å². The van der Waals surface area contributed by atoms with Crippen molar-refractivity contribution in [3.63, 3.8) is 0 Å². The fourth-order valence-corrected chi connectivity index (χ4v) is 12.0. The van der Waals surface area contributed by atoms with Crippen molar-refractivity contribution in [2.24, 2.45) is 0 Å². The average molecular weight is 1580 g/mol. The first-order chi connectivity index (χ1) is 53.7. The SMILES string of the molecule is CCCCC/C=C\C/C=C\C/C=C\C/C=C\C/C=C\CCC(=O)OC[C@H](COP(=O)(O)OC[C@@H](O)COP(=O)(O)OC[C@@H](COC(=O)CCCCCCCCC/C=C\CCCCCC)OC(=O)CC/C=C\C/C=C\C/C=C\C/C=C\C/C=C\CCCCC)OC(=O)CCC/C=C\C/C=C\C/C=C\C/C=C\CCCCC. The summed E-state index contributed by atoms with van der Waals surface area (Å²) >= 11 is 0. The molecule has 0 rings (SSSR count). The largest absolute Gasteiger partial charge is 0.472 e. The number of ether oxygens (including phenoxy) is 4. The Morgan fingerprint density at radius 3 is 0.809 bits per heavy atom. The summed E-state index contributed by atoms with van der Waals surface area (Å²) in [6.45, 7) is 4.53. The van der Waals surface area contributed by atoms with E-state index in [1.807, 2.05) is 48.6 Å². The molecule has 2 unspecified atom stereocenters. The Kier molecular flexibility index (Phi) is 76.9. The van der Waals surface area contributed by atoms with Crippen LogP contribution in [0, 0.1) is 0 Å². The fraction of sp³-hybridized carbons (Fsp3) is 0.626. The lowest BCUT2D eigenvalue weighted by Crippen LogP contribution is -2.30. The van der Waals surface area contributed by atoms with Gasteiger partial charge in [-0.2, -0.15) is 0 Å². The molecule has 0 heterocycles. The van der Waals surface area contributed by atoms with Crippen molar-refractivity contribution in [3.05, 3.63) is 182 Å². The number of esters is 4. The maximum atomic E-state index is 13.1. The minimum atomic E-state index is -5.03. The lowest BCUT2D eigenvalue weighted by Gasteiger charge is -2.21. The Bertz CT molecular complexity index is 2800. The van der Waals surface area contributed by atoms with Crippen molar-refractivity contribution in [1.29, 1.82) is 0 Å². The van der Waals surface area contributed by atoms with E-state index >= 15 is 0 Å². The van der Waals surface area contributed by atoms with Crippen LogP contribution in [0.3, 0.4) is 0 Å². The molecule has 0 aromatic carbocycles. The van der Waals surface area contributed by atoms with E-state index in [-0.39, 0.29) is 25.7 Å². The van der Waals surface area contributed by atoms with E-state index in [4.69, 9.17) is 37.0 Å². The van der Waals surface area contributed by atoms with Crippen LogP contribution < -0.4 is 0 Å². The van der Waals surface area contributed by atoms with Crippen molar-refractivity contribution >= 4 is 39.5 Å². The highest BCUT2D eigenvalue weighted by atomic mass is 31.2. The number of aliphatic hydroxyl groups excluding tert-OH is 1. The highest BCUT2D eigenvalue weighted by Crippen LogP contribution is 2.45. The molecular weight excluding hydrogens is 1430 g/mol. The van der Waals surface area contributed by atoms with Gasteiger partial charge < -0.3 is 33.8 Å². The molecule has 0 fully saturated rings. The second-order valence-electron chi connectivity index (χ2n) is 27.3. The van der Waals surface area contributed by atoms with Crippen LogP contribution in [0.2, 0.25) is 0 Å². The van der Waals surface area contributed by atoms with Gasteiger partial charge in [-0.15, -0.1) is 0 Å². The van der Waals surface area contributed by atoms with Gasteiger partial charge in [-0.05, 0) is 167 Å². The van der Waals surface area contributed by atoms with Crippen LogP contribution in [-0.2, 0) is 65.4 Å². The molecule has 19 heteroatoms. The van der Waals surface area contributed by atoms with Crippen molar-refractivity contribution in [3.8, 4) is 0 Å². The molecule has 3 N–H and O–H groups in total. The zero-order valence-electron chi connectivity index (χ0n) is 68.4. The third kappa shape index (κ3) is 80.2. The predicted molar refractivity (Wildman–Crippen MR) is 454 cm³/mol. The first-order valence-corrected chi connectivity index (χ1v) is 45.0. The molecule has 0 aliphatic rings. The van der Waals surface area contributed by atoms with Crippen LogP contribution in [0.15, 0.2) is 182 Å². The molecule has 0 aromatic heterocycles. The number of allylic oxidation sites excluding steroid dienone is 30. The second-order valence-corrected chi connectivity index (χ2v) is 30.3. The van der Waals surface area contributed by atoms with Crippen LogP contribution in [0.1, 0.15) is 310 Å². The number of phosphoric acid groups is 2. The molecule has 0 radical (unpaired) electrons. The molecule has 624 valence electrons. The average Bonchev–Trinajstić information content (AvgIpc) is 0.906. The number of hydrogen-bond donors (Lipinski definition) is 3. The zero-order valence-corrected chi connectivity index (χ0v) is 70.1. The van der Waals surface area contributed by atoms with Gasteiger partial charge >= 0.3 is 39.5 Å². The van der Waals surface area contributed by atoms with E-state index in [0.717, 1.165) is 128 Å². The lowest BCUT2D eigenvalue weighted by molar-refractivity contribution is -0.161. The van der Waals surface area contributed by atoms with Gasteiger partial charge in [0.25, 0.3) is 0 Å². The number of carbonyl (C=O) groups is 4. The molecule has 110 heavy (non-hydrogen) atoms. The summed E-state index contributed by atoms with van der Waals surface area (Å²) in [5.41, 5.74) is 0. The van der Waals surface area contributed by atoms with E-state index in [9.17, 15) is 43.2 Å². The summed E-state index contributed by atoms with van der Waals surface area (Å²) in [5, 5.41) is 10.7. The van der Waals surface area contributed by atoms with Crippen molar-refractivity contribution in [1.82, 2.24) is 0 Å². The Morgan fingerprint density at radius 1 is 0.255 bits per heavy atom. The number of phosphoric ester groups is 2. The molecule has 5 atom stereocenters. The first kappa shape index (κ1) is 104. The van der Waals surface area contributed by atoms with Crippen molar-refractivity contribution in [2.45, 2.75) is 329 Å². The number of rotatable bonds is 77. The Labute approximate surface area is 666 Å². The number of carbonyl (C=O) groups excluding carboxylic acids is 4. The van der Waals surface area contributed by atoms with Gasteiger partial charge in [0, 0.05) is 25.7 Å². The van der Waals surface area contributed by atoms with Crippen LogP contribution in [0.25, 0.3) is 0 Å². The molecular formula is C91H148O17P2. The van der Waals surface area contributed by atoms with Crippen molar-refractivity contribution in [2.75, 3.05) is 39.6 Å². The van der Waals surface area contributed by atoms with E-state index in [0.29, 0.717) is 44.9 Å². The molecule has 0 aromatic rings. The molecule has 0 saturated heterocycles. The molecule has 0 aliphatic heterocycles. The minimum Gasteiger partial charge on any atom is -0.462 e. The summed E-state index contributed by atoms with van der Waals surface area (Å²) in [6, 6.07) is 0. The van der Waals surface area contributed by atoms with Gasteiger partial charge in [0.2, 0.25) is 0 Å². The van der Waals surface area contributed by atoms with Gasteiger partial charge in [-0.3, -0.25) is 37.3 Å². The fourth-order valence-electron chi connectivity index (χ4n) is 10.4. The minimum absolute atomic E-state index is 0.00515. The quantitative estimate of drug-likeness (QED) is 0.0169. The molecule has 0 amide bonds. The summed E-state index contributed by atoms with van der Waals surface area (Å²) in [4.78, 5) is 73.1. The van der Waals surface area contributed by atoms with Crippen molar-refractivity contribution < 1.29 is 80.2 Å². The molecule has 0 aliphatic carbocycles. The number of hydrogen-bond acceptors (Lipinski definition) is 15. The highest BCUT2D eigenvalue weighted by Gasteiger charge is 2.30. The number of aliphatic hydroxyl groups is 1. The molecule has 0 bridgehead atoms. The molecule has 0 saturated carbocycles. The standard InChI is InChI=1S/C91H148O17P2/c1-5-9-13-17-21-25-29-33-37-40-42-45-48-52-56-60-64-68-72-76-89(94)102-82-87(107-90(95)77-73-69-65-61-57-53-49-44-39-35-31-27-23-19-15-11-7-3)84-106-110(99,100)104-80-85(92)79-103-109(97,98)105-83-86(81-101-88(93)75-71-67-63-59-55-51-47-36-32-28-24-20-16-12-8-4)108-91(96)78-74-70-66-62-58-54-50-46-43-41-38-34-30-26-22-18-14-10-6-2/h21-23,25-28,32-35,37-39,42-43,45-46,49,52-54,56,58,61,64-66,68,70,85-87,92H,5-20,24,29-31,36,40-41,44,47-48,50-51,55,57,59-60,62-63,67,69,71-84H2,1-4H3,(H,97,98)(H,99,100)/b25-21-,26-22-,27-23-,32-28-,37-33-,38-34-,39-35-,45-42-,46-43-,53-49-,56-52-,58-54-,65-61-,68-64-,70-66-/t85-,86+,87+/m0/s1. The highest BCUT2D eigenvalue weighted by molar-refractivity contribution is 7.47. The monoisotopic (exact) mass is 1580 g/mol. The second kappa shape index (κ2) is 81.2. The maximum Gasteiger partial charge on any atom is 0.472 e. The lowest BCUT2D eigenvalue weighted by atomic mass is 10.1. The molecule has 0 spiro atoms. The van der Waals surface area contributed by atoms with Gasteiger partial charge in [0.05, 0.1) is 26.4 Å². The molecule has 17 nitrogen and oxygen atoms in total. The van der Waals surface area contributed by atoms with Gasteiger partial charge in [0.1, 0.15) is 19.3 Å². The zero-order chi connectivity index (χ0) is 80.3. The Morgan fingerprint density at radius 2 is 0.473 bits per heavy atom. The van der Waals surface area contributed by atoms with E-state index in [1.54, 1.807) is 0 Å². The Balaban J connectivity index is 5.58. The maximum absolute atomic E-state index is 13.1. The summed E-state index contributed by atoms with van der Waals surface area (Å²) in [5.74, 6) is -2.45. The van der Waals surface area contributed by atoms with Gasteiger partial charge in [-0.1, -0.05) is 300 Å². The van der Waals surface area contributed by atoms with Gasteiger partial charge in [0.15, 0.2) is 12.2 Å². The topological polar surface area (TPSA) is 237 Å². The predicted octanol–water partition coefficient (Wildman–Crippen LogP) is 25.1.